The van der Waals surface area contributed by atoms with Gasteiger partial charge in [0.25, 0.3) is 0 Å². The lowest BCUT2D eigenvalue weighted by atomic mass is 10.2. The molecule has 0 bridgehead atoms. The van der Waals surface area contributed by atoms with Crippen molar-refractivity contribution in [3.8, 4) is 23.0 Å². The van der Waals surface area contributed by atoms with Gasteiger partial charge < -0.3 is 19.5 Å². The lowest BCUT2D eigenvalue weighted by Gasteiger charge is -2.11. The summed E-state index contributed by atoms with van der Waals surface area (Å²) >= 11 is 0. The first-order valence-corrected chi connectivity index (χ1v) is 8.72. The maximum absolute atomic E-state index is 12.4. The topological polar surface area (TPSA) is 56.8 Å². The third-order valence-corrected chi connectivity index (χ3v) is 3.95. The second kappa shape index (κ2) is 9.28. The molecule has 0 atom stereocenters. The molecule has 1 N–H and O–H groups in total. The quantitative estimate of drug-likeness (QED) is 0.581. The minimum absolute atomic E-state index is 0.265. The predicted molar refractivity (Wildman–Crippen MR) is 110 cm³/mol. The predicted octanol–water partition coefficient (Wildman–Crippen LogP) is 5.15. The average Bonchev–Trinajstić information content (AvgIpc) is 2.74. The molecule has 5 heteroatoms. The number of hydrogen-bond donors (Lipinski definition) is 1. The molecule has 3 rings (SSSR count). The molecule has 1 amide bonds. The number of benzene rings is 3. The van der Waals surface area contributed by atoms with E-state index in [-0.39, 0.29) is 5.91 Å². The zero-order valence-corrected chi connectivity index (χ0v) is 15.7. The molecule has 0 aliphatic heterocycles. The Balaban J connectivity index is 1.71. The van der Waals surface area contributed by atoms with Crippen LogP contribution in [-0.2, 0) is 4.79 Å². The van der Waals surface area contributed by atoms with Crippen molar-refractivity contribution in [2.24, 2.45) is 0 Å². The van der Waals surface area contributed by atoms with E-state index < -0.39 is 0 Å². The van der Waals surface area contributed by atoms with E-state index in [1.807, 2.05) is 48.5 Å². The van der Waals surface area contributed by atoms with Crippen LogP contribution in [0, 0.1) is 0 Å². The van der Waals surface area contributed by atoms with Gasteiger partial charge in [-0.05, 0) is 48.0 Å². The number of para-hydroxylation sites is 3. The van der Waals surface area contributed by atoms with Crippen molar-refractivity contribution in [1.82, 2.24) is 0 Å². The molecule has 0 radical (unpaired) electrons. The van der Waals surface area contributed by atoms with Gasteiger partial charge in [-0.25, -0.2) is 0 Å². The summed E-state index contributed by atoms with van der Waals surface area (Å²) in [7, 11) is 3.15. The molecule has 0 aromatic heterocycles. The minimum Gasteiger partial charge on any atom is -0.493 e. The average molecular weight is 375 g/mol. The van der Waals surface area contributed by atoms with Crippen LogP contribution in [-0.4, -0.2) is 20.1 Å². The molecule has 0 unspecified atom stereocenters. The molecule has 0 saturated carbocycles. The molecule has 3 aromatic carbocycles. The Hall–Kier alpha value is -3.73. The molecular formula is C23H21NO4. The van der Waals surface area contributed by atoms with Gasteiger partial charge in [0.15, 0.2) is 17.2 Å². The summed E-state index contributed by atoms with van der Waals surface area (Å²) in [6, 6.07) is 22.1. The van der Waals surface area contributed by atoms with Crippen molar-refractivity contribution in [2.45, 2.75) is 0 Å². The third-order valence-electron chi connectivity index (χ3n) is 3.95. The number of methoxy groups -OCH3 is 2. The van der Waals surface area contributed by atoms with Crippen molar-refractivity contribution in [3.05, 3.63) is 84.4 Å². The number of amides is 1. The van der Waals surface area contributed by atoms with E-state index >= 15 is 0 Å². The molecule has 5 nitrogen and oxygen atoms in total. The SMILES string of the molecule is COc1ccc(/C=C\C(=O)Nc2ccccc2Oc2ccccc2)cc1OC. The largest absolute Gasteiger partial charge is 0.493 e. The number of ether oxygens (including phenoxy) is 3. The van der Waals surface area contributed by atoms with E-state index in [1.165, 1.54) is 6.08 Å². The second-order valence-electron chi connectivity index (χ2n) is 5.85. The summed E-state index contributed by atoms with van der Waals surface area (Å²) in [6.07, 6.45) is 3.17. The highest BCUT2D eigenvalue weighted by molar-refractivity contribution is 6.02. The van der Waals surface area contributed by atoms with Gasteiger partial charge >= 0.3 is 0 Å². The minimum atomic E-state index is -0.265. The highest BCUT2D eigenvalue weighted by Gasteiger charge is 2.07. The van der Waals surface area contributed by atoms with Gasteiger partial charge in [-0.15, -0.1) is 0 Å². The van der Waals surface area contributed by atoms with Crippen LogP contribution in [0.3, 0.4) is 0 Å². The van der Waals surface area contributed by atoms with Crippen LogP contribution in [0.15, 0.2) is 78.9 Å². The summed E-state index contributed by atoms with van der Waals surface area (Å²) in [6.45, 7) is 0. The van der Waals surface area contributed by atoms with Crippen LogP contribution >= 0.6 is 0 Å². The molecule has 0 spiro atoms. The number of carbonyl (C=O) groups is 1. The Morgan fingerprint density at radius 1 is 0.821 bits per heavy atom. The van der Waals surface area contributed by atoms with Crippen molar-refractivity contribution in [3.63, 3.8) is 0 Å². The Morgan fingerprint density at radius 3 is 2.29 bits per heavy atom. The fourth-order valence-electron chi connectivity index (χ4n) is 2.58. The molecule has 3 aromatic rings. The molecule has 28 heavy (non-hydrogen) atoms. The van der Waals surface area contributed by atoms with Crippen LogP contribution in [0.2, 0.25) is 0 Å². The van der Waals surface area contributed by atoms with Gasteiger partial charge in [0.1, 0.15) is 5.75 Å². The fourth-order valence-corrected chi connectivity index (χ4v) is 2.58. The molecule has 0 aliphatic rings. The standard InChI is InChI=1S/C23H21NO4/c1-26-21-14-12-17(16-22(21)27-2)13-15-23(25)24-19-10-6-7-11-20(19)28-18-8-4-3-5-9-18/h3-16H,1-2H3,(H,24,25)/b15-13-. The summed E-state index contributed by atoms with van der Waals surface area (Å²) in [4.78, 5) is 12.4. The van der Waals surface area contributed by atoms with Crippen molar-refractivity contribution in [2.75, 3.05) is 19.5 Å². The van der Waals surface area contributed by atoms with Gasteiger partial charge in [-0.3, -0.25) is 4.79 Å². The zero-order chi connectivity index (χ0) is 19.8. The van der Waals surface area contributed by atoms with E-state index in [0.29, 0.717) is 28.7 Å². The lowest BCUT2D eigenvalue weighted by molar-refractivity contribution is -0.111. The second-order valence-corrected chi connectivity index (χ2v) is 5.85. The fraction of sp³-hybridized carbons (Fsp3) is 0.0870. The maximum Gasteiger partial charge on any atom is 0.248 e. The number of carbonyl (C=O) groups excluding carboxylic acids is 1. The molecule has 0 fully saturated rings. The molecule has 142 valence electrons. The van der Waals surface area contributed by atoms with Gasteiger partial charge in [-0.1, -0.05) is 36.4 Å². The first-order valence-electron chi connectivity index (χ1n) is 8.72. The van der Waals surface area contributed by atoms with Crippen LogP contribution in [0.5, 0.6) is 23.0 Å². The van der Waals surface area contributed by atoms with Gasteiger partial charge in [0.2, 0.25) is 5.91 Å². The van der Waals surface area contributed by atoms with Crippen molar-refractivity contribution >= 4 is 17.7 Å². The smallest absolute Gasteiger partial charge is 0.248 e. The Bertz CT molecular complexity index is 967. The molecule has 0 aliphatic carbocycles. The Labute approximate surface area is 164 Å². The van der Waals surface area contributed by atoms with E-state index in [1.54, 1.807) is 44.6 Å². The summed E-state index contributed by atoms with van der Waals surface area (Å²) in [5, 5.41) is 2.85. The van der Waals surface area contributed by atoms with Gasteiger partial charge in [0.05, 0.1) is 19.9 Å². The third kappa shape index (κ3) is 4.92. The summed E-state index contributed by atoms with van der Waals surface area (Å²) < 4.78 is 16.4. The summed E-state index contributed by atoms with van der Waals surface area (Å²) in [5.74, 6) is 2.24. The number of nitrogens with one attached hydrogen (secondary N) is 1. The first kappa shape index (κ1) is 19.0. The molecule has 0 heterocycles. The molecule has 0 saturated heterocycles. The van der Waals surface area contributed by atoms with E-state index in [9.17, 15) is 4.79 Å². The monoisotopic (exact) mass is 375 g/mol. The molecular weight excluding hydrogens is 354 g/mol. The van der Waals surface area contributed by atoms with E-state index in [0.717, 1.165) is 5.56 Å². The van der Waals surface area contributed by atoms with Crippen LogP contribution in [0.25, 0.3) is 6.08 Å². The van der Waals surface area contributed by atoms with E-state index in [2.05, 4.69) is 5.32 Å². The van der Waals surface area contributed by atoms with Crippen LogP contribution < -0.4 is 19.5 Å². The first-order chi connectivity index (χ1) is 13.7. The lowest BCUT2D eigenvalue weighted by Crippen LogP contribution is -2.08. The van der Waals surface area contributed by atoms with Crippen LogP contribution in [0.4, 0.5) is 5.69 Å². The number of anilines is 1. The zero-order valence-electron chi connectivity index (χ0n) is 15.7. The highest BCUT2D eigenvalue weighted by Crippen LogP contribution is 2.30. The van der Waals surface area contributed by atoms with Crippen molar-refractivity contribution < 1.29 is 19.0 Å². The van der Waals surface area contributed by atoms with Crippen LogP contribution in [0.1, 0.15) is 5.56 Å². The summed E-state index contributed by atoms with van der Waals surface area (Å²) in [5.41, 5.74) is 1.41. The Morgan fingerprint density at radius 2 is 1.54 bits per heavy atom. The normalized spacial score (nSPS) is 10.5. The van der Waals surface area contributed by atoms with Gasteiger partial charge in [-0.2, -0.15) is 0 Å². The number of rotatable bonds is 7. The number of hydrogen-bond acceptors (Lipinski definition) is 4. The highest BCUT2D eigenvalue weighted by atomic mass is 16.5. The Kier molecular flexibility index (Phi) is 6.31. The van der Waals surface area contributed by atoms with Crippen molar-refractivity contribution in [1.29, 1.82) is 0 Å². The van der Waals surface area contributed by atoms with E-state index in [4.69, 9.17) is 14.2 Å². The maximum atomic E-state index is 12.4. The van der Waals surface area contributed by atoms with Gasteiger partial charge in [0, 0.05) is 6.08 Å².